The molecule has 0 aromatic heterocycles. The molecule has 5 nitrogen and oxygen atoms in total. The monoisotopic (exact) mass is 262 g/mol. The highest BCUT2D eigenvalue weighted by molar-refractivity contribution is 5.96. The van der Waals surface area contributed by atoms with Crippen LogP contribution in [0.2, 0.25) is 0 Å². The van der Waals surface area contributed by atoms with Crippen LogP contribution in [-0.4, -0.2) is 34.5 Å². The predicted molar refractivity (Wildman–Crippen MR) is 70.6 cm³/mol. The number of rotatable bonds is 3. The smallest absolute Gasteiger partial charge is 0.326 e. The van der Waals surface area contributed by atoms with E-state index in [4.69, 9.17) is 5.73 Å². The van der Waals surface area contributed by atoms with Gasteiger partial charge < -0.3 is 15.7 Å². The number of nitrogens with zero attached hydrogens (tertiary/aromatic N) is 1. The molecule has 102 valence electrons. The molecule has 0 radical (unpaired) electrons. The summed E-state index contributed by atoms with van der Waals surface area (Å²) in [6.07, 6.45) is 2.24. The van der Waals surface area contributed by atoms with Crippen molar-refractivity contribution in [3.8, 4) is 0 Å². The van der Waals surface area contributed by atoms with Gasteiger partial charge >= 0.3 is 5.97 Å². The summed E-state index contributed by atoms with van der Waals surface area (Å²) < 4.78 is 0. The fourth-order valence-corrected chi connectivity index (χ4v) is 2.38. The minimum Gasteiger partial charge on any atom is -0.480 e. The van der Waals surface area contributed by atoms with Crippen LogP contribution in [0.25, 0.3) is 0 Å². The van der Waals surface area contributed by atoms with E-state index in [1.807, 2.05) is 0 Å². The summed E-state index contributed by atoms with van der Waals surface area (Å²) in [5.41, 5.74) is 6.98. The van der Waals surface area contributed by atoms with Crippen LogP contribution in [0.4, 0.5) is 0 Å². The van der Waals surface area contributed by atoms with Crippen LogP contribution < -0.4 is 5.73 Å². The molecule has 1 aromatic carbocycles. The predicted octanol–water partition coefficient (Wildman–Crippen LogP) is 1.22. The molecule has 1 amide bonds. The molecule has 5 heteroatoms. The van der Waals surface area contributed by atoms with E-state index in [-0.39, 0.29) is 5.91 Å². The Hall–Kier alpha value is -1.88. The summed E-state index contributed by atoms with van der Waals surface area (Å²) in [6, 6.07) is 6.31. The highest BCUT2D eigenvalue weighted by Gasteiger charge is 2.32. The van der Waals surface area contributed by atoms with E-state index in [2.05, 4.69) is 0 Å². The van der Waals surface area contributed by atoms with Crippen molar-refractivity contribution < 1.29 is 14.7 Å². The number of hydrogen-bond donors (Lipinski definition) is 2. The Labute approximate surface area is 112 Å². The normalized spacial score (nSPS) is 19.2. The summed E-state index contributed by atoms with van der Waals surface area (Å²) in [7, 11) is 0. The van der Waals surface area contributed by atoms with Gasteiger partial charge in [0.05, 0.1) is 0 Å². The fourth-order valence-electron chi connectivity index (χ4n) is 2.38. The number of piperidine rings is 1. The van der Waals surface area contributed by atoms with E-state index in [0.717, 1.165) is 18.4 Å². The molecule has 1 saturated heterocycles. The summed E-state index contributed by atoms with van der Waals surface area (Å²) in [6.45, 7) is 0.935. The standard InChI is InChI=1S/C14H18N2O3/c15-9-10-4-6-11(7-5-10)13(17)16-8-2-1-3-12(16)14(18)19/h4-7,12H,1-3,8-9,15H2,(H,18,19)/t12-/m1/s1. The van der Waals surface area contributed by atoms with Crippen LogP contribution >= 0.6 is 0 Å². The number of nitrogens with two attached hydrogens (primary N) is 1. The number of aliphatic carboxylic acids is 1. The molecule has 19 heavy (non-hydrogen) atoms. The van der Waals surface area contributed by atoms with Crippen LogP contribution in [-0.2, 0) is 11.3 Å². The van der Waals surface area contributed by atoms with Gasteiger partial charge in [-0.1, -0.05) is 12.1 Å². The zero-order valence-corrected chi connectivity index (χ0v) is 10.7. The first kappa shape index (κ1) is 13.5. The average molecular weight is 262 g/mol. The van der Waals surface area contributed by atoms with Gasteiger partial charge in [0.15, 0.2) is 0 Å². The quantitative estimate of drug-likeness (QED) is 0.858. The van der Waals surface area contributed by atoms with E-state index in [1.165, 1.54) is 4.90 Å². The molecule has 1 aromatic rings. The van der Waals surface area contributed by atoms with Gasteiger partial charge in [0, 0.05) is 18.7 Å². The molecule has 1 atom stereocenters. The second kappa shape index (κ2) is 5.84. The summed E-state index contributed by atoms with van der Waals surface area (Å²) in [5, 5.41) is 9.18. The zero-order chi connectivity index (χ0) is 13.8. The molecule has 0 saturated carbocycles. The van der Waals surface area contributed by atoms with Crippen molar-refractivity contribution in [3.63, 3.8) is 0 Å². The van der Waals surface area contributed by atoms with Gasteiger partial charge in [-0.2, -0.15) is 0 Å². The van der Waals surface area contributed by atoms with Crippen molar-refractivity contribution in [2.45, 2.75) is 31.8 Å². The van der Waals surface area contributed by atoms with Crippen molar-refractivity contribution in [3.05, 3.63) is 35.4 Å². The SMILES string of the molecule is NCc1ccc(C(=O)N2CCCC[C@@H]2C(=O)O)cc1. The number of carbonyl (C=O) groups is 2. The van der Waals surface area contributed by atoms with Crippen LogP contribution in [0.5, 0.6) is 0 Å². The van der Waals surface area contributed by atoms with Crippen LogP contribution in [0.15, 0.2) is 24.3 Å². The summed E-state index contributed by atoms with van der Waals surface area (Å²) in [5.74, 6) is -1.14. The average Bonchev–Trinajstić information content (AvgIpc) is 2.46. The lowest BCUT2D eigenvalue weighted by molar-refractivity contribution is -0.143. The number of carboxylic acid groups (broad SMARTS) is 1. The Morgan fingerprint density at radius 1 is 1.26 bits per heavy atom. The maximum atomic E-state index is 12.3. The first-order valence-electron chi connectivity index (χ1n) is 6.46. The van der Waals surface area contributed by atoms with E-state index in [9.17, 15) is 14.7 Å². The molecule has 0 spiro atoms. The number of carbonyl (C=O) groups excluding carboxylic acids is 1. The van der Waals surface area contributed by atoms with E-state index in [0.29, 0.717) is 25.1 Å². The number of hydrogen-bond acceptors (Lipinski definition) is 3. The molecule has 1 fully saturated rings. The third-order valence-electron chi connectivity index (χ3n) is 3.49. The second-order valence-electron chi connectivity index (χ2n) is 4.75. The van der Waals surface area contributed by atoms with Gasteiger partial charge in [0.1, 0.15) is 6.04 Å². The number of benzene rings is 1. The Bertz CT molecular complexity index is 470. The minimum atomic E-state index is -0.924. The van der Waals surface area contributed by atoms with Crippen LogP contribution in [0.1, 0.15) is 35.2 Å². The van der Waals surface area contributed by atoms with E-state index < -0.39 is 12.0 Å². The molecule has 1 aliphatic heterocycles. The van der Waals surface area contributed by atoms with Crippen LogP contribution in [0.3, 0.4) is 0 Å². The number of amides is 1. The first-order valence-corrected chi connectivity index (χ1v) is 6.46. The summed E-state index contributed by atoms with van der Waals surface area (Å²) >= 11 is 0. The molecule has 2 rings (SSSR count). The van der Waals surface area contributed by atoms with Crippen molar-refractivity contribution in [1.82, 2.24) is 4.90 Å². The van der Waals surface area contributed by atoms with Crippen LogP contribution in [0, 0.1) is 0 Å². The topological polar surface area (TPSA) is 83.6 Å². The number of likely N-dealkylation sites (tertiary alicyclic amines) is 1. The Morgan fingerprint density at radius 3 is 2.53 bits per heavy atom. The molecular formula is C14H18N2O3. The first-order chi connectivity index (χ1) is 9.13. The molecule has 0 unspecified atom stereocenters. The number of carboxylic acids is 1. The minimum absolute atomic E-state index is 0.212. The molecule has 3 N–H and O–H groups in total. The lowest BCUT2D eigenvalue weighted by Gasteiger charge is -2.33. The Morgan fingerprint density at radius 2 is 1.95 bits per heavy atom. The van der Waals surface area contributed by atoms with Crippen molar-refractivity contribution in [2.24, 2.45) is 5.73 Å². The van der Waals surface area contributed by atoms with E-state index >= 15 is 0 Å². The highest BCUT2D eigenvalue weighted by atomic mass is 16.4. The Balaban J connectivity index is 2.18. The lowest BCUT2D eigenvalue weighted by Crippen LogP contribution is -2.47. The molecule has 0 aliphatic carbocycles. The molecule has 1 heterocycles. The second-order valence-corrected chi connectivity index (χ2v) is 4.75. The highest BCUT2D eigenvalue weighted by Crippen LogP contribution is 2.20. The zero-order valence-electron chi connectivity index (χ0n) is 10.7. The van der Waals surface area contributed by atoms with Gasteiger partial charge in [0.2, 0.25) is 0 Å². The van der Waals surface area contributed by atoms with Crippen molar-refractivity contribution in [2.75, 3.05) is 6.54 Å². The van der Waals surface area contributed by atoms with Crippen molar-refractivity contribution >= 4 is 11.9 Å². The lowest BCUT2D eigenvalue weighted by atomic mass is 10.0. The third-order valence-corrected chi connectivity index (χ3v) is 3.49. The van der Waals surface area contributed by atoms with E-state index in [1.54, 1.807) is 24.3 Å². The molecule has 0 bridgehead atoms. The molecular weight excluding hydrogens is 244 g/mol. The van der Waals surface area contributed by atoms with Gasteiger partial charge in [0.25, 0.3) is 5.91 Å². The summed E-state index contributed by atoms with van der Waals surface area (Å²) in [4.78, 5) is 25.0. The Kier molecular flexibility index (Phi) is 4.16. The van der Waals surface area contributed by atoms with Crippen molar-refractivity contribution in [1.29, 1.82) is 0 Å². The van der Waals surface area contributed by atoms with Gasteiger partial charge in [-0.3, -0.25) is 4.79 Å². The van der Waals surface area contributed by atoms with Gasteiger partial charge in [-0.05, 0) is 37.0 Å². The third kappa shape index (κ3) is 2.93. The van der Waals surface area contributed by atoms with Gasteiger partial charge in [-0.25, -0.2) is 4.79 Å². The maximum absolute atomic E-state index is 12.3. The van der Waals surface area contributed by atoms with Gasteiger partial charge in [-0.15, -0.1) is 0 Å². The maximum Gasteiger partial charge on any atom is 0.326 e. The fraction of sp³-hybridized carbons (Fsp3) is 0.429. The molecule has 1 aliphatic rings. The largest absolute Gasteiger partial charge is 0.480 e.